The molecule has 0 unspecified atom stereocenters. The second-order valence-corrected chi connectivity index (χ2v) is 3.53. The molecule has 0 amide bonds. The fraction of sp³-hybridized carbons (Fsp3) is 0.300. The molecule has 1 aromatic rings. The molecule has 1 fully saturated rings. The third kappa shape index (κ3) is 2.46. The average Bonchev–Trinajstić information content (AvgIpc) is 2.34. The van der Waals surface area contributed by atoms with E-state index in [0.717, 1.165) is 0 Å². The van der Waals surface area contributed by atoms with Crippen LogP contribution in [0.15, 0.2) is 0 Å². The van der Waals surface area contributed by atoms with Gasteiger partial charge >= 0.3 is 6.16 Å². The minimum absolute atomic E-state index is 0.0617. The Bertz CT molecular complexity index is 500. The summed E-state index contributed by atoms with van der Waals surface area (Å²) in [5.74, 6) is -13.0. The van der Waals surface area contributed by atoms with Crippen LogP contribution in [0.2, 0.25) is 0 Å². The molecule has 0 bridgehead atoms. The molecule has 1 heterocycles. The molecule has 0 aliphatic carbocycles. The Morgan fingerprint density at radius 1 is 0.947 bits per heavy atom. The molecule has 0 atom stereocenters. The molecule has 4 nitrogen and oxygen atoms in total. The molecule has 0 radical (unpaired) electrons. The summed E-state index contributed by atoms with van der Waals surface area (Å²) >= 11 is 0. The van der Waals surface area contributed by atoms with Crippen LogP contribution in [0.4, 0.5) is 26.7 Å². The molecule has 0 aromatic heterocycles. The van der Waals surface area contributed by atoms with Crippen LogP contribution in [0.25, 0.3) is 0 Å². The Hall–Kier alpha value is -1.90. The number of hydrogen-bond acceptors (Lipinski definition) is 4. The first-order valence-corrected chi connectivity index (χ1v) is 4.89. The van der Waals surface area contributed by atoms with Gasteiger partial charge in [0.05, 0.1) is 13.2 Å². The minimum atomic E-state index is -2.34. The number of hydrogen-bond donors (Lipinski definition) is 0. The van der Waals surface area contributed by atoms with Gasteiger partial charge < -0.3 is 14.2 Å². The van der Waals surface area contributed by atoms with Crippen LogP contribution >= 0.6 is 0 Å². The number of benzene rings is 1. The van der Waals surface area contributed by atoms with E-state index in [-0.39, 0.29) is 13.2 Å². The smallest absolute Gasteiger partial charge is 0.426 e. The lowest BCUT2D eigenvalue weighted by Crippen LogP contribution is -2.38. The van der Waals surface area contributed by atoms with Crippen molar-refractivity contribution in [1.82, 2.24) is 0 Å². The highest BCUT2D eigenvalue weighted by molar-refractivity contribution is 5.64. The van der Waals surface area contributed by atoms with Crippen LogP contribution in [0.3, 0.4) is 0 Å². The summed E-state index contributed by atoms with van der Waals surface area (Å²) in [6, 6.07) is 0. The van der Waals surface area contributed by atoms with Crippen LogP contribution in [0, 0.1) is 29.1 Å². The summed E-state index contributed by atoms with van der Waals surface area (Å²) in [5.41, 5.74) is 0. The highest BCUT2D eigenvalue weighted by Crippen LogP contribution is 2.29. The topological polar surface area (TPSA) is 44.8 Å². The van der Waals surface area contributed by atoms with E-state index in [9.17, 15) is 26.7 Å². The van der Waals surface area contributed by atoms with Gasteiger partial charge in [-0.25, -0.2) is 18.0 Å². The fourth-order valence-corrected chi connectivity index (χ4v) is 1.20. The Morgan fingerprint density at radius 3 is 1.84 bits per heavy atom. The molecule has 9 heteroatoms. The van der Waals surface area contributed by atoms with Gasteiger partial charge in [-0.05, 0) is 0 Å². The van der Waals surface area contributed by atoms with Crippen molar-refractivity contribution < 1.29 is 41.0 Å². The van der Waals surface area contributed by atoms with Gasteiger partial charge in [0.2, 0.25) is 34.8 Å². The number of ether oxygens (including phenoxy) is 3. The molecule has 19 heavy (non-hydrogen) atoms. The zero-order valence-electron chi connectivity index (χ0n) is 9.01. The first-order chi connectivity index (χ1) is 8.91. The second kappa shape index (κ2) is 5.00. The minimum Gasteiger partial charge on any atom is -0.426 e. The van der Waals surface area contributed by atoms with Gasteiger partial charge in [-0.1, -0.05) is 0 Å². The number of halogens is 5. The predicted molar refractivity (Wildman–Crippen MR) is 47.9 cm³/mol. The van der Waals surface area contributed by atoms with E-state index in [1.807, 2.05) is 0 Å². The van der Waals surface area contributed by atoms with Crippen molar-refractivity contribution in [3.05, 3.63) is 29.1 Å². The lowest BCUT2D eigenvalue weighted by Gasteiger charge is -2.24. The highest BCUT2D eigenvalue weighted by atomic mass is 19.2. The first kappa shape index (κ1) is 13.5. The van der Waals surface area contributed by atoms with Crippen molar-refractivity contribution in [1.29, 1.82) is 0 Å². The van der Waals surface area contributed by atoms with Crippen molar-refractivity contribution in [3.8, 4) is 5.75 Å². The van der Waals surface area contributed by atoms with Gasteiger partial charge in [0.15, 0.2) is 6.10 Å². The number of carbonyl (C=O) groups excluding carboxylic acids is 1. The van der Waals surface area contributed by atoms with Crippen LogP contribution in [0.1, 0.15) is 0 Å². The van der Waals surface area contributed by atoms with E-state index in [2.05, 4.69) is 14.2 Å². The largest absolute Gasteiger partial charge is 0.514 e. The molecule has 0 N–H and O–H groups in total. The van der Waals surface area contributed by atoms with Crippen molar-refractivity contribution in [3.63, 3.8) is 0 Å². The SMILES string of the molecule is O=C(Oc1c(F)c(F)c(F)c(F)c1F)OC1COC1. The van der Waals surface area contributed by atoms with Crippen molar-refractivity contribution in [2.24, 2.45) is 0 Å². The molecule has 1 aromatic carbocycles. The van der Waals surface area contributed by atoms with Crippen LogP contribution in [-0.4, -0.2) is 25.5 Å². The summed E-state index contributed by atoms with van der Waals surface area (Å²) in [4.78, 5) is 11.1. The summed E-state index contributed by atoms with van der Waals surface area (Å²) in [6.07, 6.45) is -2.26. The summed E-state index contributed by atoms with van der Waals surface area (Å²) < 4.78 is 77.6. The monoisotopic (exact) mass is 284 g/mol. The fourth-order valence-electron chi connectivity index (χ4n) is 1.20. The van der Waals surface area contributed by atoms with Crippen molar-refractivity contribution in [2.45, 2.75) is 6.10 Å². The molecular formula is C10H5F5O4. The second-order valence-electron chi connectivity index (χ2n) is 3.53. The highest BCUT2D eigenvalue weighted by Gasteiger charge is 2.30. The number of rotatable bonds is 2. The van der Waals surface area contributed by atoms with Gasteiger partial charge in [0.1, 0.15) is 0 Å². The van der Waals surface area contributed by atoms with Crippen LogP contribution in [0.5, 0.6) is 5.75 Å². The molecule has 2 rings (SSSR count). The van der Waals surface area contributed by atoms with Crippen molar-refractivity contribution >= 4 is 6.16 Å². The Morgan fingerprint density at radius 2 is 1.42 bits per heavy atom. The predicted octanol–water partition coefficient (Wildman–Crippen LogP) is 2.30. The first-order valence-electron chi connectivity index (χ1n) is 4.89. The van der Waals surface area contributed by atoms with Crippen molar-refractivity contribution in [2.75, 3.05) is 13.2 Å². The van der Waals surface area contributed by atoms with Gasteiger partial charge in [-0.15, -0.1) is 0 Å². The molecule has 1 aliphatic rings. The summed E-state index contributed by atoms with van der Waals surface area (Å²) in [5, 5.41) is 0. The zero-order chi connectivity index (χ0) is 14.2. The molecule has 1 aliphatic heterocycles. The lowest BCUT2D eigenvalue weighted by atomic mass is 10.2. The van der Waals surface area contributed by atoms with Crippen LogP contribution in [-0.2, 0) is 9.47 Å². The molecule has 0 spiro atoms. The maximum atomic E-state index is 13.1. The normalized spacial score (nSPS) is 15.0. The average molecular weight is 284 g/mol. The third-order valence-corrected chi connectivity index (χ3v) is 2.23. The Kier molecular flexibility index (Phi) is 3.56. The maximum Gasteiger partial charge on any atom is 0.514 e. The zero-order valence-corrected chi connectivity index (χ0v) is 9.01. The van der Waals surface area contributed by atoms with E-state index in [0.29, 0.717) is 0 Å². The van der Waals surface area contributed by atoms with E-state index in [1.165, 1.54) is 0 Å². The van der Waals surface area contributed by atoms with Gasteiger partial charge in [-0.3, -0.25) is 0 Å². The van der Waals surface area contributed by atoms with E-state index >= 15 is 0 Å². The number of carbonyl (C=O) groups is 1. The van der Waals surface area contributed by atoms with Crippen LogP contribution < -0.4 is 4.74 Å². The molecule has 104 valence electrons. The Balaban J connectivity index is 2.21. The molecule has 0 saturated carbocycles. The molecule has 1 saturated heterocycles. The Labute approximate surface area is 102 Å². The van der Waals surface area contributed by atoms with Gasteiger partial charge in [-0.2, -0.15) is 8.78 Å². The van der Waals surface area contributed by atoms with E-state index in [4.69, 9.17) is 0 Å². The molecular weight excluding hydrogens is 279 g/mol. The van der Waals surface area contributed by atoms with Gasteiger partial charge in [0, 0.05) is 0 Å². The lowest BCUT2D eigenvalue weighted by molar-refractivity contribution is -0.107. The standard InChI is InChI=1S/C10H5F5O4/c11-4-5(12)7(14)9(8(15)6(4)13)19-10(16)18-3-1-17-2-3/h3H,1-2H2. The summed E-state index contributed by atoms with van der Waals surface area (Å²) in [7, 11) is 0. The van der Waals surface area contributed by atoms with E-state index < -0.39 is 47.1 Å². The van der Waals surface area contributed by atoms with E-state index in [1.54, 1.807) is 0 Å². The third-order valence-electron chi connectivity index (χ3n) is 2.23. The van der Waals surface area contributed by atoms with Gasteiger partial charge in [0.25, 0.3) is 0 Å². The summed E-state index contributed by atoms with van der Waals surface area (Å²) in [6.45, 7) is 0.123. The maximum absolute atomic E-state index is 13.1. The quantitative estimate of drug-likeness (QED) is 0.275.